The molecular formula is C22H24N2O4. The van der Waals surface area contributed by atoms with Gasteiger partial charge in [-0.15, -0.1) is 0 Å². The Labute approximate surface area is 164 Å². The number of benzene rings is 2. The third-order valence-corrected chi connectivity index (χ3v) is 4.50. The van der Waals surface area contributed by atoms with Crippen LogP contribution in [-0.2, 0) is 4.79 Å². The van der Waals surface area contributed by atoms with Gasteiger partial charge in [-0.25, -0.2) is 0 Å². The van der Waals surface area contributed by atoms with E-state index in [0.717, 1.165) is 24.0 Å². The average molecular weight is 380 g/mol. The van der Waals surface area contributed by atoms with Crippen molar-refractivity contribution in [1.29, 1.82) is 0 Å². The Balaban J connectivity index is 1.62. The molecule has 28 heavy (non-hydrogen) atoms. The molecule has 0 heterocycles. The minimum atomic E-state index is -0.258. The fourth-order valence-corrected chi connectivity index (χ4v) is 2.70. The molecule has 1 saturated carbocycles. The molecule has 1 fully saturated rings. The molecular weight excluding hydrogens is 356 g/mol. The molecule has 0 unspecified atom stereocenters. The fourth-order valence-electron chi connectivity index (χ4n) is 2.70. The smallest absolute Gasteiger partial charge is 0.251 e. The highest BCUT2D eigenvalue weighted by Crippen LogP contribution is 2.32. The first-order valence-electron chi connectivity index (χ1n) is 9.12. The molecule has 0 aromatic heterocycles. The molecule has 2 amide bonds. The SMILES string of the molecule is COc1cc(C)c(NC(=O)/C=C/c2ccc(C(=O)NC3CC3)cc2)cc1OC. The van der Waals surface area contributed by atoms with Gasteiger partial charge >= 0.3 is 0 Å². The number of methoxy groups -OCH3 is 2. The topological polar surface area (TPSA) is 76.7 Å². The molecule has 0 spiro atoms. The number of aryl methyl sites for hydroxylation is 1. The first kappa shape index (κ1) is 19.5. The summed E-state index contributed by atoms with van der Waals surface area (Å²) in [6, 6.07) is 11.0. The highest BCUT2D eigenvalue weighted by Gasteiger charge is 2.23. The summed E-state index contributed by atoms with van der Waals surface area (Å²) >= 11 is 0. The zero-order valence-electron chi connectivity index (χ0n) is 16.2. The van der Waals surface area contributed by atoms with Gasteiger partial charge < -0.3 is 20.1 Å². The van der Waals surface area contributed by atoms with E-state index in [2.05, 4.69) is 10.6 Å². The predicted molar refractivity (Wildman–Crippen MR) is 109 cm³/mol. The molecule has 1 aliphatic rings. The van der Waals surface area contributed by atoms with Crippen LogP contribution >= 0.6 is 0 Å². The predicted octanol–water partition coefficient (Wildman–Crippen LogP) is 3.56. The summed E-state index contributed by atoms with van der Waals surface area (Å²) in [6.45, 7) is 1.88. The van der Waals surface area contributed by atoms with E-state index >= 15 is 0 Å². The Hall–Kier alpha value is -3.28. The number of nitrogens with one attached hydrogen (secondary N) is 2. The quantitative estimate of drug-likeness (QED) is 0.720. The number of amides is 2. The van der Waals surface area contributed by atoms with E-state index in [-0.39, 0.29) is 11.8 Å². The number of hydrogen-bond acceptors (Lipinski definition) is 4. The molecule has 0 bridgehead atoms. The van der Waals surface area contributed by atoms with Gasteiger partial charge in [-0.2, -0.15) is 0 Å². The van der Waals surface area contributed by atoms with Gasteiger partial charge in [-0.05, 0) is 55.2 Å². The Morgan fingerprint density at radius 1 is 1.04 bits per heavy atom. The van der Waals surface area contributed by atoms with Crippen molar-refractivity contribution in [3.05, 3.63) is 59.2 Å². The fraction of sp³-hybridized carbons (Fsp3) is 0.273. The van der Waals surface area contributed by atoms with E-state index in [1.807, 2.05) is 25.1 Å². The van der Waals surface area contributed by atoms with Crippen molar-refractivity contribution in [3.63, 3.8) is 0 Å². The van der Waals surface area contributed by atoms with E-state index < -0.39 is 0 Å². The molecule has 0 saturated heterocycles. The van der Waals surface area contributed by atoms with Crippen LogP contribution in [0.2, 0.25) is 0 Å². The molecule has 0 radical (unpaired) electrons. The summed E-state index contributed by atoms with van der Waals surface area (Å²) in [5, 5.41) is 5.79. The standard InChI is InChI=1S/C22H24N2O4/c1-14-12-19(27-2)20(28-3)13-18(14)24-21(25)11-6-15-4-7-16(8-5-15)22(26)23-17-9-10-17/h4-8,11-13,17H,9-10H2,1-3H3,(H,23,26)(H,24,25)/b11-6+. The molecule has 6 nitrogen and oxygen atoms in total. The minimum absolute atomic E-state index is 0.0558. The summed E-state index contributed by atoms with van der Waals surface area (Å²) in [5.41, 5.74) is 2.97. The maximum atomic E-state index is 12.3. The van der Waals surface area contributed by atoms with Crippen molar-refractivity contribution in [2.75, 3.05) is 19.5 Å². The number of carbonyl (C=O) groups excluding carboxylic acids is 2. The number of carbonyl (C=O) groups is 2. The maximum Gasteiger partial charge on any atom is 0.251 e. The summed E-state index contributed by atoms with van der Waals surface area (Å²) in [4.78, 5) is 24.3. The molecule has 0 atom stereocenters. The third-order valence-electron chi connectivity index (χ3n) is 4.50. The van der Waals surface area contributed by atoms with Crippen molar-refractivity contribution in [1.82, 2.24) is 5.32 Å². The molecule has 2 aromatic carbocycles. The van der Waals surface area contributed by atoms with Crippen molar-refractivity contribution in [2.45, 2.75) is 25.8 Å². The number of anilines is 1. The number of rotatable bonds is 7. The Morgan fingerprint density at radius 3 is 2.29 bits per heavy atom. The lowest BCUT2D eigenvalue weighted by Crippen LogP contribution is -2.25. The first-order chi connectivity index (χ1) is 13.5. The van der Waals surface area contributed by atoms with Gasteiger partial charge in [-0.1, -0.05) is 12.1 Å². The molecule has 3 rings (SSSR count). The maximum absolute atomic E-state index is 12.3. The van der Waals surface area contributed by atoms with E-state index in [1.165, 1.54) is 6.08 Å². The van der Waals surface area contributed by atoms with Gasteiger partial charge in [0.15, 0.2) is 11.5 Å². The van der Waals surface area contributed by atoms with Crippen molar-refractivity contribution < 1.29 is 19.1 Å². The van der Waals surface area contributed by atoms with Crippen molar-refractivity contribution in [2.24, 2.45) is 0 Å². The van der Waals surface area contributed by atoms with E-state index in [1.54, 1.807) is 38.5 Å². The summed E-state index contributed by atoms with van der Waals surface area (Å²) < 4.78 is 10.5. The summed E-state index contributed by atoms with van der Waals surface area (Å²) in [7, 11) is 3.12. The molecule has 6 heteroatoms. The van der Waals surface area contributed by atoms with Gasteiger partial charge in [0.05, 0.1) is 14.2 Å². The molecule has 146 valence electrons. The third kappa shape index (κ3) is 4.91. The number of ether oxygens (including phenoxy) is 2. The molecule has 2 N–H and O–H groups in total. The van der Waals surface area contributed by atoms with Crippen molar-refractivity contribution in [3.8, 4) is 11.5 Å². The minimum Gasteiger partial charge on any atom is -0.493 e. The molecule has 0 aliphatic heterocycles. The van der Waals surface area contributed by atoms with Crippen LogP contribution in [0.4, 0.5) is 5.69 Å². The van der Waals surface area contributed by atoms with Crippen LogP contribution in [0.25, 0.3) is 6.08 Å². The zero-order valence-corrected chi connectivity index (χ0v) is 16.2. The van der Waals surface area contributed by atoms with Crippen LogP contribution < -0.4 is 20.1 Å². The average Bonchev–Trinajstić information content (AvgIpc) is 3.52. The normalized spacial score (nSPS) is 13.2. The Kier molecular flexibility index (Phi) is 5.99. The second-order valence-electron chi connectivity index (χ2n) is 6.71. The van der Waals surface area contributed by atoms with Gasteiger partial charge in [0.2, 0.25) is 5.91 Å². The molecule has 1 aliphatic carbocycles. The molecule has 2 aromatic rings. The van der Waals surface area contributed by atoms with Crippen LogP contribution in [0, 0.1) is 6.92 Å². The van der Waals surface area contributed by atoms with E-state index in [0.29, 0.717) is 28.8 Å². The second kappa shape index (κ2) is 8.61. The Bertz CT molecular complexity index is 899. The van der Waals surface area contributed by atoms with Crippen LogP contribution in [0.5, 0.6) is 11.5 Å². The van der Waals surface area contributed by atoms with Crippen LogP contribution in [0.1, 0.15) is 34.3 Å². The number of hydrogen-bond donors (Lipinski definition) is 2. The summed E-state index contributed by atoms with van der Waals surface area (Å²) in [5.74, 6) is 0.845. The van der Waals surface area contributed by atoms with Crippen LogP contribution in [0.3, 0.4) is 0 Å². The van der Waals surface area contributed by atoms with Crippen molar-refractivity contribution >= 4 is 23.6 Å². The monoisotopic (exact) mass is 380 g/mol. The lowest BCUT2D eigenvalue weighted by atomic mass is 10.1. The zero-order chi connectivity index (χ0) is 20.1. The largest absolute Gasteiger partial charge is 0.493 e. The van der Waals surface area contributed by atoms with E-state index in [9.17, 15) is 9.59 Å². The lowest BCUT2D eigenvalue weighted by molar-refractivity contribution is -0.111. The van der Waals surface area contributed by atoms with Crippen LogP contribution in [0.15, 0.2) is 42.5 Å². The Morgan fingerprint density at radius 2 is 1.68 bits per heavy atom. The van der Waals surface area contributed by atoms with Gasteiger partial charge in [-0.3, -0.25) is 9.59 Å². The first-order valence-corrected chi connectivity index (χ1v) is 9.12. The highest BCUT2D eigenvalue weighted by molar-refractivity contribution is 6.02. The van der Waals surface area contributed by atoms with Crippen LogP contribution in [-0.4, -0.2) is 32.1 Å². The van der Waals surface area contributed by atoms with Gasteiger partial charge in [0, 0.05) is 29.4 Å². The summed E-state index contributed by atoms with van der Waals surface area (Å²) in [6.07, 6.45) is 5.27. The lowest BCUT2D eigenvalue weighted by Gasteiger charge is -2.12. The van der Waals surface area contributed by atoms with Gasteiger partial charge in [0.25, 0.3) is 5.91 Å². The van der Waals surface area contributed by atoms with E-state index in [4.69, 9.17) is 9.47 Å². The van der Waals surface area contributed by atoms with Gasteiger partial charge in [0.1, 0.15) is 0 Å². The second-order valence-corrected chi connectivity index (χ2v) is 6.71. The highest BCUT2D eigenvalue weighted by atomic mass is 16.5.